The van der Waals surface area contributed by atoms with Crippen LogP contribution in [0.1, 0.15) is 26.2 Å². The molecule has 4 rings (SSSR count). The van der Waals surface area contributed by atoms with Gasteiger partial charge in [0.1, 0.15) is 17.7 Å². The standard InChI is InChI=1S/C20H27FIN5O/c1-3-26-7-5-14(6-8-26)23-19-15-10-18(28-2)16(22)11-17(15)24-20(25-19)27-9-4-13(21)12-27/h10-11,13-14H,3-9,12H2,1-2H3,(H,23,24,25)/t13-/m0/s1. The maximum atomic E-state index is 13.7. The Kier molecular flexibility index (Phi) is 6.05. The van der Waals surface area contributed by atoms with Crippen LogP contribution in [0, 0.1) is 3.57 Å². The molecule has 2 saturated heterocycles. The second-order valence-corrected chi connectivity index (χ2v) is 8.72. The highest BCUT2D eigenvalue weighted by Gasteiger charge is 2.26. The molecule has 28 heavy (non-hydrogen) atoms. The van der Waals surface area contributed by atoms with Crippen molar-refractivity contribution in [2.75, 3.05) is 50.1 Å². The molecular weight excluding hydrogens is 472 g/mol. The molecule has 0 spiro atoms. The van der Waals surface area contributed by atoms with E-state index in [0.29, 0.717) is 31.5 Å². The molecule has 1 N–H and O–H groups in total. The molecule has 0 bridgehead atoms. The summed E-state index contributed by atoms with van der Waals surface area (Å²) in [5.41, 5.74) is 0.867. The van der Waals surface area contributed by atoms with Gasteiger partial charge in [0.15, 0.2) is 0 Å². The highest BCUT2D eigenvalue weighted by atomic mass is 127. The summed E-state index contributed by atoms with van der Waals surface area (Å²) in [6.07, 6.45) is 1.92. The molecule has 1 aromatic carbocycles. The first kappa shape index (κ1) is 19.9. The molecule has 0 saturated carbocycles. The van der Waals surface area contributed by atoms with Crippen LogP contribution in [0.4, 0.5) is 16.2 Å². The topological polar surface area (TPSA) is 53.5 Å². The Balaban J connectivity index is 1.69. The summed E-state index contributed by atoms with van der Waals surface area (Å²) in [6.45, 7) is 6.53. The molecule has 2 aliphatic rings. The molecule has 6 nitrogen and oxygen atoms in total. The third-order valence-electron chi connectivity index (χ3n) is 5.75. The average molecular weight is 499 g/mol. The number of nitrogens with zero attached hydrogens (tertiary/aromatic N) is 4. The van der Waals surface area contributed by atoms with E-state index in [1.165, 1.54) is 0 Å². The lowest BCUT2D eigenvalue weighted by Gasteiger charge is -2.32. The van der Waals surface area contributed by atoms with Gasteiger partial charge in [0.2, 0.25) is 5.95 Å². The van der Waals surface area contributed by atoms with Crippen LogP contribution < -0.4 is 15.0 Å². The summed E-state index contributed by atoms with van der Waals surface area (Å²) >= 11 is 2.26. The van der Waals surface area contributed by atoms with E-state index in [4.69, 9.17) is 14.7 Å². The number of anilines is 2. The van der Waals surface area contributed by atoms with E-state index in [1.54, 1.807) is 7.11 Å². The summed E-state index contributed by atoms with van der Waals surface area (Å²) in [4.78, 5) is 14.0. The number of aromatic nitrogens is 2. The smallest absolute Gasteiger partial charge is 0.227 e. The van der Waals surface area contributed by atoms with E-state index < -0.39 is 6.17 Å². The fourth-order valence-electron chi connectivity index (χ4n) is 4.01. The quantitative estimate of drug-likeness (QED) is 0.634. The third kappa shape index (κ3) is 4.12. The van der Waals surface area contributed by atoms with Gasteiger partial charge in [-0.25, -0.2) is 9.37 Å². The molecule has 0 amide bonds. The van der Waals surface area contributed by atoms with Gasteiger partial charge in [-0.3, -0.25) is 0 Å². The molecular formula is C20H27FIN5O. The Morgan fingerprint density at radius 2 is 2.00 bits per heavy atom. The van der Waals surface area contributed by atoms with Crippen molar-refractivity contribution in [3.8, 4) is 5.75 Å². The highest BCUT2D eigenvalue weighted by molar-refractivity contribution is 14.1. The molecule has 0 radical (unpaired) electrons. The first-order chi connectivity index (χ1) is 13.6. The second-order valence-electron chi connectivity index (χ2n) is 7.56. The van der Waals surface area contributed by atoms with E-state index in [0.717, 1.165) is 58.5 Å². The van der Waals surface area contributed by atoms with E-state index in [9.17, 15) is 4.39 Å². The molecule has 1 aromatic heterocycles. The maximum Gasteiger partial charge on any atom is 0.227 e. The van der Waals surface area contributed by atoms with Gasteiger partial charge in [-0.1, -0.05) is 6.92 Å². The number of likely N-dealkylation sites (tertiary alicyclic amines) is 1. The van der Waals surface area contributed by atoms with Gasteiger partial charge in [0.25, 0.3) is 0 Å². The lowest BCUT2D eigenvalue weighted by molar-refractivity contribution is 0.229. The molecule has 1 atom stereocenters. The predicted molar refractivity (Wildman–Crippen MR) is 119 cm³/mol. The first-order valence-electron chi connectivity index (χ1n) is 10.0. The van der Waals surface area contributed by atoms with E-state index >= 15 is 0 Å². The Bertz CT molecular complexity index is 843. The summed E-state index contributed by atoms with van der Waals surface area (Å²) in [6, 6.07) is 4.41. The first-order valence-corrected chi connectivity index (χ1v) is 11.1. The van der Waals surface area contributed by atoms with Crippen LogP contribution in [0.25, 0.3) is 10.9 Å². The normalized spacial score (nSPS) is 21.4. The van der Waals surface area contributed by atoms with Gasteiger partial charge in [-0.15, -0.1) is 0 Å². The number of alkyl halides is 1. The van der Waals surface area contributed by atoms with Crippen LogP contribution in [0.5, 0.6) is 5.75 Å². The van der Waals surface area contributed by atoms with Crippen molar-refractivity contribution in [1.82, 2.24) is 14.9 Å². The van der Waals surface area contributed by atoms with Crippen molar-refractivity contribution in [2.24, 2.45) is 0 Å². The molecule has 0 aliphatic carbocycles. The summed E-state index contributed by atoms with van der Waals surface area (Å²) in [5, 5.41) is 4.61. The van der Waals surface area contributed by atoms with Crippen LogP contribution >= 0.6 is 22.6 Å². The number of piperidine rings is 1. The van der Waals surface area contributed by atoms with Crippen molar-refractivity contribution in [1.29, 1.82) is 0 Å². The lowest BCUT2D eigenvalue weighted by Crippen LogP contribution is -2.39. The molecule has 8 heteroatoms. The Morgan fingerprint density at radius 1 is 1.21 bits per heavy atom. The van der Waals surface area contributed by atoms with Gasteiger partial charge < -0.3 is 19.9 Å². The van der Waals surface area contributed by atoms with E-state index in [1.807, 2.05) is 17.0 Å². The number of halogens is 2. The number of benzene rings is 1. The van der Waals surface area contributed by atoms with Crippen LogP contribution in [0.15, 0.2) is 12.1 Å². The van der Waals surface area contributed by atoms with Crippen LogP contribution in [-0.4, -0.2) is 66.9 Å². The van der Waals surface area contributed by atoms with Crippen LogP contribution in [0.2, 0.25) is 0 Å². The minimum Gasteiger partial charge on any atom is -0.496 e. The van der Waals surface area contributed by atoms with Gasteiger partial charge >= 0.3 is 0 Å². The highest BCUT2D eigenvalue weighted by Crippen LogP contribution is 2.33. The van der Waals surface area contributed by atoms with Crippen molar-refractivity contribution >= 4 is 45.3 Å². The van der Waals surface area contributed by atoms with Gasteiger partial charge in [-0.05, 0) is 60.5 Å². The average Bonchev–Trinajstić information content (AvgIpc) is 3.14. The van der Waals surface area contributed by atoms with E-state index in [2.05, 4.69) is 39.7 Å². The third-order valence-corrected chi connectivity index (χ3v) is 6.59. The molecule has 0 unspecified atom stereocenters. The second kappa shape index (κ2) is 8.52. The zero-order valence-corrected chi connectivity index (χ0v) is 18.6. The number of hydrogen-bond acceptors (Lipinski definition) is 6. The Hall–Kier alpha value is -1.42. The summed E-state index contributed by atoms with van der Waals surface area (Å²) in [5.74, 6) is 2.26. The minimum absolute atomic E-state index is 0.368. The fraction of sp³-hybridized carbons (Fsp3) is 0.600. The monoisotopic (exact) mass is 499 g/mol. The number of ether oxygens (including phenoxy) is 1. The molecule has 152 valence electrons. The molecule has 2 aliphatic heterocycles. The zero-order chi connectivity index (χ0) is 19.7. The van der Waals surface area contributed by atoms with Crippen LogP contribution in [-0.2, 0) is 0 Å². The summed E-state index contributed by atoms with van der Waals surface area (Å²) < 4.78 is 20.3. The Morgan fingerprint density at radius 3 is 2.64 bits per heavy atom. The number of fused-ring (bicyclic) bond motifs is 1. The predicted octanol–water partition coefficient (Wildman–Crippen LogP) is 3.69. The van der Waals surface area contributed by atoms with Crippen molar-refractivity contribution in [2.45, 2.75) is 38.4 Å². The summed E-state index contributed by atoms with van der Waals surface area (Å²) in [7, 11) is 1.68. The van der Waals surface area contributed by atoms with Crippen molar-refractivity contribution in [3.05, 3.63) is 15.7 Å². The van der Waals surface area contributed by atoms with Crippen LogP contribution in [0.3, 0.4) is 0 Å². The zero-order valence-electron chi connectivity index (χ0n) is 16.4. The SMILES string of the molecule is CCN1CCC(Nc2nc(N3CC[C@H](F)C3)nc3cc(I)c(OC)cc23)CC1. The van der Waals surface area contributed by atoms with Crippen molar-refractivity contribution < 1.29 is 9.13 Å². The van der Waals surface area contributed by atoms with E-state index in [-0.39, 0.29) is 0 Å². The minimum atomic E-state index is -0.801. The molecule has 2 fully saturated rings. The van der Waals surface area contributed by atoms with Gasteiger partial charge in [0, 0.05) is 31.1 Å². The maximum absolute atomic E-state index is 13.7. The fourth-order valence-corrected chi connectivity index (χ4v) is 4.68. The van der Waals surface area contributed by atoms with Crippen molar-refractivity contribution in [3.63, 3.8) is 0 Å². The molecule has 3 heterocycles. The number of rotatable bonds is 5. The largest absolute Gasteiger partial charge is 0.496 e. The lowest BCUT2D eigenvalue weighted by atomic mass is 10.0. The van der Waals surface area contributed by atoms with Gasteiger partial charge in [0.05, 0.1) is 22.7 Å². The van der Waals surface area contributed by atoms with Gasteiger partial charge in [-0.2, -0.15) is 4.98 Å². The number of methoxy groups -OCH3 is 1. The number of nitrogens with one attached hydrogen (secondary N) is 1. The molecule has 2 aromatic rings. The number of hydrogen-bond donors (Lipinski definition) is 1. The Labute approximate surface area is 179 Å².